The molecule has 0 unspecified atom stereocenters. The number of nitrogens with zero attached hydrogens (tertiary/aromatic N) is 5. The third-order valence-corrected chi connectivity index (χ3v) is 4.25. The van der Waals surface area contributed by atoms with E-state index in [4.69, 9.17) is 5.73 Å². The summed E-state index contributed by atoms with van der Waals surface area (Å²) in [6, 6.07) is 3.74. The SMILES string of the molecule is Cc1cc(-c2ccc(C(F)(F)F)nc2)cnc1-n1cnn(CC(CN)=C(F)F)c1=O. The van der Waals surface area contributed by atoms with Crippen molar-refractivity contribution in [3.05, 3.63) is 70.3 Å². The minimum atomic E-state index is -4.54. The van der Waals surface area contributed by atoms with Crippen LogP contribution < -0.4 is 11.4 Å². The van der Waals surface area contributed by atoms with Crippen molar-refractivity contribution < 1.29 is 22.0 Å². The monoisotopic (exact) mass is 426 g/mol. The lowest BCUT2D eigenvalue weighted by molar-refractivity contribution is -0.141. The van der Waals surface area contributed by atoms with Crippen molar-refractivity contribution in [1.29, 1.82) is 0 Å². The van der Waals surface area contributed by atoms with E-state index in [1.165, 1.54) is 12.3 Å². The molecule has 0 aliphatic carbocycles. The highest BCUT2D eigenvalue weighted by atomic mass is 19.4. The zero-order valence-electron chi connectivity index (χ0n) is 15.5. The van der Waals surface area contributed by atoms with E-state index in [9.17, 15) is 26.7 Å². The first kappa shape index (κ1) is 21.3. The van der Waals surface area contributed by atoms with Crippen molar-refractivity contribution in [1.82, 2.24) is 24.3 Å². The Kier molecular flexibility index (Phi) is 5.78. The lowest BCUT2D eigenvalue weighted by Crippen LogP contribution is -2.27. The zero-order chi connectivity index (χ0) is 22.1. The largest absolute Gasteiger partial charge is 0.433 e. The molecular weight excluding hydrogens is 411 g/mol. The van der Waals surface area contributed by atoms with Crippen LogP contribution in [-0.2, 0) is 12.7 Å². The molecule has 3 aromatic heterocycles. The minimum Gasteiger partial charge on any atom is -0.327 e. The summed E-state index contributed by atoms with van der Waals surface area (Å²) in [7, 11) is 0. The highest BCUT2D eigenvalue weighted by Crippen LogP contribution is 2.29. The Balaban J connectivity index is 1.91. The first-order valence-corrected chi connectivity index (χ1v) is 8.50. The van der Waals surface area contributed by atoms with Crippen LogP contribution in [0.3, 0.4) is 0 Å². The molecule has 0 saturated carbocycles. The number of rotatable bonds is 5. The number of pyridine rings is 2. The fraction of sp³-hybridized carbons (Fsp3) is 0.222. The molecule has 0 atom stereocenters. The Morgan fingerprint density at radius 2 is 1.83 bits per heavy atom. The molecule has 0 aliphatic heterocycles. The zero-order valence-corrected chi connectivity index (χ0v) is 15.5. The van der Waals surface area contributed by atoms with E-state index in [1.54, 1.807) is 13.0 Å². The summed E-state index contributed by atoms with van der Waals surface area (Å²) >= 11 is 0. The average molecular weight is 426 g/mol. The summed E-state index contributed by atoms with van der Waals surface area (Å²) in [5.74, 6) is 0.203. The predicted octanol–water partition coefficient (Wildman–Crippen LogP) is 2.93. The lowest BCUT2D eigenvalue weighted by atomic mass is 10.1. The van der Waals surface area contributed by atoms with Gasteiger partial charge in [-0.25, -0.2) is 19.0 Å². The molecule has 2 N–H and O–H groups in total. The van der Waals surface area contributed by atoms with Crippen LogP contribution >= 0.6 is 0 Å². The van der Waals surface area contributed by atoms with E-state index < -0.39 is 42.3 Å². The molecule has 0 bridgehead atoms. The van der Waals surface area contributed by atoms with Gasteiger partial charge < -0.3 is 5.73 Å². The van der Waals surface area contributed by atoms with Crippen molar-refractivity contribution in [3.8, 4) is 16.9 Å². The fourth-order valence-electron chi connectivity index (χ4n) is 2.68. The molecule has 0 saturated heterocycles. The summed E-state index contributed by atoms with van der Waals surface area (Å²) in [5, 5.41) is 3.80. The van der Waals surface area contributed by atoms with Gasteiger partial charge in [0.1, 0.15) is 17.8 Å². The van der Waals surface area contributed by atoms with E-state index >= 15 is 0 Å². The number of alkyl halides is 3. The molecule has 30 heavy (non-hydrogen) atoms. The van der Waals surface area contributed by atoms with Gasteiger partial charge in [-0.3, -0.25) is 4.98 Å². The normalized spacial score (nSPS) is 11.6. The first-order chi connectivity index (χ1) is 14.1. The molecule has 3 heterocycles. The van der Waals surface area contributed by atoms with Gasteiger partial charge in [-0.2, -0.15) is 27.1 Å². The summed E-state index contributed by atoms with van der Waals surface area (Å²) in [6.45, 7) is 0.757. The molecule has 0 radical (unpaired) electrons. The van der Waals surface area contributed by atoms with Crippen LogP contribution in [0.5, 0.6) is 0 Å². The van der Waals surface area contributed by atoms with Gasteiger partial charge in [-0.15, -0.1) is 0 Å². The van der Waals surface area contributed by atoms with Crippen molar-refractivity contribution in [2.24, 2.45) is 5.73 Å². The van der Waals surface area contributed by atoms with Gasteiger partial charge >= 0.3 is 11.9 Å². The Labute approximate surface area is 166 Å². The number of nitrogens with two attached hydrogens (primary N) is 1. The maximum Gasteiger partial charge on any atom is 0.433 e. The third kappa shape index (κ3) is 4.27. The van der Waals surface area contributed by atoms with E-state index in [2.05, 4.69) is 15.1 Å². The standard InChI is InChI=1S/C18H15F5N6O/c1-10-4-12(11-2-3-14(25-6-11)18(21,22)23)7-26-16(10)28-9-27-29(17(28)30)8-13(5-24)15(19)20/h2-4,6-7,9H,5,8,24H2,1H3. The van der Waals surface area contributed by atoms with Crippen LogP contribution in [0.25, 0.3) is 16.9 Å². The fourth-order valence-corrected chi connectivity index (χ4v) is 2.68. The van der Waals surface area contributed by atoms with E-state index in [1.807, 2.05) is 0 Å². The van der Waals surface area contributed by atoms with Crippen LogP contribution in [0.4, 0.5) is 22.0 Å². The molecule has 0 amide bonds. The van der Waals surface area contributed by atoms with E-state index in [0.717, 1.165) is 27.8 Å². The molecule has 0 fully saturated rings. The Bertz CT molecular complexity index is 1140. The molecule has 3 rings (SSSR count). The maximum atomic E-state index is 12.8. The Morgan fingerprint density at radius 1 is 1.13 bits per heavy atom. The van der Waals surface area contributed by atoms with Gasteiger partial charge in [-0.1, -0.05) is 6.07 Å². The van der Waals surface area contributed by atoms with Crippen LogP contribution in [0.2, 0.25) is 0 Å². The van der Waals surface area contributed by atoms with Gasteiger partial charge in [0.05, 0.1) is 6.54 Å². The number of aromatic nitrogens is 5. The molecule has 158 valence electrons. The van der Waals surface area contributed by atoms with Crippen molar-refractivity contribution >= 4 is 0 Å². The quantitative estimate of drug-likeness (QED) is 0.634. The summed E-state index contributed by atoms with van der Waals surface area (Å²) < 4.78 is 65.4. The van der Waals surface area contributed by atoms with Crippen LogP contribution in [0, 0.1) is 6.92 Å². The summed E-state index contributed by atoms with van der Waals surface area (Å²) in [5.41, 5.74) is 4.54. The number of hydrogen-bond acceptors (Lipinski definition) is 5. The van der Waals surface area contributed by atoms with Crippen molar-refractivity contribution in [3.63, 3.8) is 0 Å². The van der Waals surface area contributed by atoms with Gasteiger partial charge in [0.25, 0.3) is 6.08 Å². The number of halogens is 5. The van der Waals surface area contributed by atoms with Gasteiger partial charge in [0.2, 0.25) is 0 Å². The number of hydrogen-bond donors (Lipinski definition) is 1. The smallest absolute Gasteiger partial charge is 0.327 e. The maximum absolute atomic E-state index is 12.8. The summed E-state index contributed by atoms with van der Waals surface area (Å²) in [6.07, 6.45) is -2.93. The number of aryl methyl sites for hydroxylation is 1. The van der Waals surface area contributed by atoms with E-state index in [0.29, 0.717) is 16.7 Å². The van der Waals surface area contributed by atoms with Gasteiger partial charge in [-0.05, 0) is 24.6 Å². The molecule has 12 heteroatoms. The van der Waals surface area contributed by atoms with Gasteiger partial charge in [0.15, 0.2) is 0 Å². The predicted molar refractivity (Wildman–Crippen MR) is 96.9 cm³/mol. The van der Waals surface area contributed by atoms with E-state index in [-0.39, 0.29) is 5.82 Å². The molecule has 3 aromatic rings. The molecule has 7 nitrogen and oxygen atoms in total. The Hall–Kier alpha value is -3.41. The Morgan fingerprint density at radius 3 is 2.37 bits per heavy atom. The van der Waals surface area contributed by atoms with Crippen LogP contribution in [-0.4, -0.2) is 30.9 Å². The minimum absolute atomic E-state index is 0.203. The molecule has 0 spiro atoms. The van der Waals surface area contributed by atoms with Crippen LogP contribution in [0.1, 0.15) is 11.3 Å². The second-order valence-electron chi connectivity index (χ2n) is 6.30. The third-order valence-electron chi connectivity index (χ3n) is 4.25. The second kappa shape index (κ2) is 8.14. The second-order valence-corrected chi connectivity index (χ2v) is 6.30. The molecule has 0 aromatic carbocycles. The molecule has 0 aliphatic rings. The van der Waals surface area contributed by atoms with Crippen molar-refractivity contribution in [2.45, 2.75) is 19.6 Å². The highest BCUT2D eigenvalue weighted by molar-refractivity contribution is 5.63. The average Bonchev–Trinajstić information content (AvgIpc) is 3.05. The first-order valence-electron chi connectivity index (χ1n) is 8.50. The lowest BCUT2D eigenvalue weighted by Gasteiger charge is -2.09. The topological polar surface area (TPSA) is 91.6 Å². The highest BCUT2D eigenvalue weighted by Gasteiger charge is 2.32. The van der Waals surface area contributed by atoms with Crippen molar-refractivity contribution in [2.75, 3.05) is 6.54 Å². The van der Waals surface area contributed by atoms with Gasteiger partial charge in [0, 0.05) is 35.6 Å². The summed E-state index contributed by atoms with van der Waals surface area (Å²) in [4.78, 5) is 20.1. The van der Waals surface area contributed by atoms with Crippen LogP contribution in [0.15, 0.2) is 53.4 Å². The molecular formula is C18H15F5N6O.